The Morgan fingerprint density at radius 1 is 1.07 bits per heavy atom. The molecule has 0 spiro atoms. The molecule has 0 saturated heterocycles. The Hall–Kier alpha value is -3.29. The molecule has 0 unspecified atom stereocenters. The standard InChI is InChI=1S/C22H21F3N2O3/c1-5-19(27-29-4)18-11-13(2)26-21-16(7-6-8-17(18)21)15-10-9-14(28-3)12-20(15)30-22(23,24)25/h6-12H,5H2,1-4H3. The highest BCUT2D eigenvalue weighted by Gasteiger charge is 2.33. The molecule has 30 heavy (non-hydrogen) atoms. The molecule has 8 heteroatoms. The molecule has 0 saturated carbocycles. The Bertz CT molecular complexity index is 1090. The lowest BCUT2D eigenvalue weighted by atomic mass is 9.96. The highest BCUT2D eigenvalue weighted by atomic mass is 19.4. The minimum Gasteiger partial charge on any atom is -0.497 e. The second kappa shape index (κ2) is 8.61. The Morgan fingerprint density at radius 3 is 2.47 bits per heavy atom. The van der Waals surface area contributed by atoms with Gasteiger partial charge in [0.1, 0.15) is 18.6 Å². The maximum absolute atomic E-state index is 13.0. The quantitative estimate of drug-likeness (QED) is 0.371. The number of aromatic nitrogens is 1. The fourth-order valence-corrected chi connectivity index (χ4v) is 3.31. The average molecular weight is 418 g/mol. The Kier molecular flexibility index (Phi) is 6.14. The molecule has 0 radical (unpaired) electrons. The van der Waals surface area contributed by atoms with Crippen LogP contribution >= 0.6 is 0 Å². The number of hydrogen-bond acceptors (Lipinski definition) is 5. The van der Waals surface area contributed by atoms with E-state index in [2.05, 4.69) is 14.9 Å². The molecule has 1 aromatic heterocycles. The summed E-state index contributed by atoms with van der Waals surface area (Å²) < 4.78 is 48.5. The van der Waals surface area contributed by atoms with Crippen LogP contribution < -0.4 is 9.47 Å². The van der Waals surface area contributed by atoms with Crippen LogP contribution in [-0.2, 0) is 4.84 Å². The zero-order valence-corrected chi connectivity index (χ0v) is 17.0. The number of alkyl halides is 3. The molecule has 0 aliphatic rings. The number of hydrogen-bond donors (Lipinski definition) is 0. The predicted molar refractivity (Wildman–Crippen MR) is 109 cm³/mol. The number of fused-ring (bicyclic) bond motifs is 1. The number of halogens is 3. The number of benzene rings is 2. The predicted octanol–water partition coefficient (Wildman–Crippen LogP) is 5.88. The largest absolute Gasteiger partial charge is 0.573 e. The van der Waals surface area contributed by atoms with Gasteiger partial charge in [-0.05, 0) is 31.5 Å². The third kappa shape index (κ3) is 4.48. The molecule has 1 heterocycles. The molecule has 3 rings (SSSR count). The van der Waals surface area contributed by atoms with E-state index in [0.717, 1.165) is 10.9 Å². The van der Waals surface area contributed by atoms with Crippen LogP contribution in [0.3, 0.4) is 0 Å². The SMILES string of the molecule is CCC(=NOC)c1cc(C)nc2c(-c3ccc(OC)cc3OC(F)(F)F)cccc12. The van der Waals surface area contributed by atoms with Gasteiger partial charge in [-0.1, -0.05) is 30.3 Å². The van der Waals surface area contributed by atoms with E-state index in [0.29, 0.717) is 28.9 Å². The van der Waals surface area contributed by atoms with Crippen molar-refractivity contribution in [2.75, 3.05) is 14.2 Å². The summed E-state index contributed by atoms with van der Waals surface area (Å²) in [6.07, 6.45) is -4.23. The number of oxime groups is 1. The molecule has 2 aromatic carbocycles. The fourth-order valence-electron chi connectivity index (χ4n) is 3.31. The summed E-state index contributed by atoms with van der Waals surface area (Å²) in [5, 5.41) is 4.85. The summed E-state index contributed by atoms with van der Waals surface area (Å²) in [5.74, 6) is -0.107. The Morgan fingerprint density at radius 2 is 1.83 bits per heavy atom. The maximum Gasteiger partial charge on any atom is 0.573 e. The molecule has 0 amide bonds. The normalized spacial score (nSPS) is 12.2. The lowest BCUT2D eigenvalue weighted by Gasteiger charge is -2.17. The van der Waals surface area contributed by atoms with Crippen molar-refractivity contribution in [2.45, 2.75) is 26.6 Å². The van der Waals surface area contributed by atoms with Gasteiger partial charge < -0.3 is 14.3 Å². The zero-order chi connectivity index (χ0) is 21.9. The molecule has 0 aliphatic heterocycles. The lowest BCUT2D eigenvalue weighted by Crippen LogP contribution is -2.17. The zero-order valence-electron chi connectivity index (χ0n) is 17.0. The van der Waals surface area contributed by atoms with Crippen molar-refractivity contribution in [3.8, 4) is 22.6 Å². The van der Waals surface area contributed by atoms with Gasteiger partial charge in [0.05, 0.1) is 18.3 Å². The summed E-state index contributed by atoms with van der Waals surface area (Å²) in [5.41, 5.74) is 3.54. The van der Waals surface area contributed by atoms with Crippen molar-refractivity contribution in [3.05, 3.63) is 53.7 Å². The molecule has 158 valence electrons. The van der Waals surface area contributed by atoms with E-state index in [1.165, 1.54) is 26.4 Å². The molecule has 0 atom stereocenters. The highest BCUT2D eigenvalue weighted by Crippen LogP contribution is 2.39. The topological polar surface area (TPSA) is 52.9 Å². The number of pyridine rings is 1. The number of para-hydroxylation sites is 1. The molecular weight excluding hydrogens is 397 g/mol. The third-order valence-electron chi connectivity index (χ3n) is 4.52. The summed E-state index contributed by atoms with van der Waals surface area (Å²) in [6, 6.07) is 11.5. The van der Waals surface area contributed by atoms with Crippen LogP contribution in [0.25, 0.3) is 22.0 Å². The first-order valence-electron chi connectivity index (χ1n) is 9.22. The molecule has 3 aromatic rings. The van der Waals surface area contributed by atoms with Crippen LogP contribution in [-0.4, -0.2) is 31.3 Å². The van der Waals surface area contributed by atoms with Gasteiger partial charge in [0.25, 0.3) is 0 Å². The third-order valence-corrected chi connectivity index (χ3v) is 4.52. The molecule has 5 nitrogen and oxygen atoms in total. The van der Waals surface area contributed by atoms with Gasteiger partial charge in [0.15, 0.2) is 0 Å². The number of ether oxygens (including phenoxy) is 2. The first-order valence-corrected chi connectivity index (χ1v) is 9.22. The van der Waals surface area contributed by atoms with Crippen LogP contribution in [0.2, 0.25) is 0 Å². The van der Waals surface area contributed by atoms with Crippen molar-refractivity contribution < 1.29 is 27.5 Å². The molecule has 0 N–H and O–H groups in total. The van der Waals surface area contributed by atoms with Gasteiger partial charge in [-0.15, -0.1) is 13.2 Å². The first-order chi connectivity index (χ1) is 14.3. The Balaban J connectivity index is 2.30. The van der Waals surface area contributed by atoms with E-state index in [1.54, 1.807) is 18.2 Å². The minimum atomic E-state index is -4.85. The summed E-state index contributed by atoms with van der Waals surface area (Å²) in [7, 11) is 2.85. The monoisotopic (exact) mass is 418 g/mol. The van der Waals surface area contributed by atoms with Gasteiger partial charge >= 0.3 is 6.36 Å². The van der Waals surface area contributed by atoms with Crippen molar-refractivity contribution in [3.63, 3.8) is 0 Å². The number of nitrogens with zero attached hydrogens (tertiary/aromatic N) is 2. The first kappa shape index (κ1) is 21.4. The fraction of sp³-hybridized carbons (Fsp3) is 0.273. The lowest BCUT2D eigenvalue weighted by molar-refractivity contribution is -0.274. The van der Waals surface area contributed by atoms with Crippen molar-refractivity contribution in [1.82, 2.24) is 4.98 Å². The highest BCUT2D eigenvalue weighted by molar-refractivity contribution is 6.12. The van der Waals surface area contributed by atoms with E-state index in [1.807, 2.05) is 26.0 Å². The second-order valence-electron chi connectivity index (χ2n) is 6.50. The van der Waals surface area contributed by atoms with E-state index in [-0.39, 0.29) is 17.1 Å². The van der Waals surface area contributed by atoms with E-state index >= 15 is 0 Å². The molecular formula is C22H21F3N2O3. The van der Waals surface area contributed by atoms with Gasteiger partial charge in [-0.25, -0.2) is 0 Å². The Labute approximate surface area is 172 Å². The van der Waals surface area contributed by atoms with Crippen molar-refractivity contribution in [2.24, 2.45) is 5.16 Å². The summed E-state index contributed by atoms with van der Waals surface area (Å²) in [4.78, 5) is 9.57. The van der Waals surface area contributed by atoms with Crippen LogP contribution in [0.4, 0.5) is 13.2 Å². The van der Waals surface area contributed by atoms with Gasteiger partial charge in [-0.3, -0.25) is 4.98 Å². The number of methoxy groups -OCH3 is 1. The molecule has 0 fully saturated rings. The van der Waals surface area contributed by atoms with Gasteiger partial charge in [0, 0.05) is 33.8 Å². The molecule has 0 aliphatic carbocycles. The minimum absolute atomic E-state index is 0.253. The van der Waals surface area contributed by atoms with Crippen LogP contribution in [0.1, 0.15) is 24.6 Å². The molecule has 0 bridgehead atoms. The second-order valence-corrected chi connectivity index (χ2v) is 6.50. The number of rotatable bonds is 6. The van der Waals surface area contributed by atoms with Gasteiger partial charge in [-0.2, -0.15) is 0 Å². The summed E-state index contributed by atoms with van der Waals surface area (Å²) in [6.45, 7) is 3.77. The van der Waals surface area contributed by atoms with Crippen LogP contribution in [0.5, 0.6) is 11.5 Å². The van der Waals surface area contributed by atoms with Crippen molar-refractivity contribution >= 4 is 16.6 Å². The number of aryl methyl sites for hydroxylation is 1. The van der Waals surface area contributed by atoms with Crippen LogP contribution in [0.15, 0.2) is 47.6 Å². The van der Waals surface area contributed by atoms with E-state index in [4.69, 9.17) is 9.57 Å². The van der Waals surface area contributed by atoms with Crippen molar-refractivity contribution in [1.29, 1.82) is 0 Å². The van der Waals surface area contributed by atoms with E-state index < -0.39 is 6.36 Å². The maximum atomic E-state index is 13.0. The van der Waals surface area contributed by atoms with E-state index in [9.17, 15) is 13.2 Å². The van der Waals surface area contributed by atoms with Crippen LogP contribution in [0, 0.1) is 6.92 Å². The smallest absolute Gasteiger partial charge is 0.497 e. The summed E-state index contributed by atoms with van der Waals surface area (Å²) >= 11 is 0. The van der Waals surface area contributed by atoms with Gasteiger partial charge in [0.2, 0.25) is 0 Å². The average Bonchev–Trinajstić information content (AvgIpc) is 2.70.